The zero-order chi connectivity index (χ0) is 25.3. The van der Waals surface area contributed by atoms with Crippen LogP contribution in [0.5, 0.6) is 5.75 Å². The number of nitrogens with one attached hydrogen (secondary N) is 1. The van der Waals surface area contributed by atoms with Crippen molar-refractivity contribution in [3.8, 4) is 33.5 Å². The highest BCUT2D eigenvalue weighted by atomic mass is 32.1. The van der Waals surface area contributed by atoms with Crippen LogP contribution in [0.15, 0.2) is 61.1 Å². The Morgan fingerprint density at radius 2 is 2.06 bits per heavy atom. The van der Waals surface area contributed by atoms with Gasteiger partial charge in [-0.2, -0.15) is 5.26 Å². The molecule has 0 fully saturated rings. The molecule has 0 saturated carbocycles. The van der Waals surface area contributed by atoms with Gasteiger partial charge in [0.15, 0.2) is 0 Å². The first-order valence-electron chi connectivity index (χ1n) is 11.7. The van der Waals surface area contributed by atoms with Crippen molar-refractivity contribution in [2.75, 3.05) is 38.7 Å². The summed E-state index contributed by atoms with van der Waals surface area (Å²) in [5, 5.41) is 22.0. The zero-order valence-electron chi connectivity index (χ0n) is 20.3. The van der Waals surface area contributed by atoms with Crippen molar-refractivity contribution in [1.29, 1.82) is 5.26 Å². The van der Waals surface area contributed by atoms with E-state index in [1.807, 2.05) is 56.4 Å². The Hall–Kier alpha value is -3.84. The van der Waals surface area contributed by atoms with Crippen molar-refractivity contribution >= 4 is 23.0 Å². The van der Waals surface area contributed by atoms with Gasteiger partial charge in [0.25, 0.3) is 0 Å². The van der Waals surface area contributed by atoms with E-state index in [0.29, 0.717) is 24.7 Å². The maximum Gasteiger partial charge on any atom is 0.227 e. The highest BCUT2D eigenvalue weighted by Crippen LogP contribution is 2.41. The number of aryl methyl sites for hydroxylation is 1. The van der Waals surface area contributed by atoms with E-state index >= 15 is 0 Å². The van der Waals surface area contributed by atoms with Crippen LogP contribution in [0.3, 0.4) is 0 Å². The summed E-state index contributed by atoms with van der Waals surface area (Å²) in [6.45, 7) is 4.20. The molecule has 2 N–H and O–H groups in total. The zero-order valence-corrected chi connectivity index (χ0v) is 21.1. The Balaban J connectivity index is 1.51. The number of aliphatic hydroxyl groups excluding tert-OH is 1. The topological polar surface area (TPSA) is 107 Å². The van der Waals surface area contributed by atoms with Crippen LogP contribution in [-0.2, 0) is 0 Å². The normalized spacial score (nSPS) is 10.9. The van der Waals surface area contributed by atoms with Crippen LogP contribution in [0.1, 0.15) is 16.9 Å². The van der Waals surface area contributed by atoms with E-state index in [0.717, 1.165) is 51.0 Å². The molecule has 0 unspecified atom stereocenters. The van der Waals surface area contributed by atoms with Crippen LogP contribution in [0.4, 0.5) is 11.6 Å². The number of aromatic nitrogens is 3. The number of ether oxygens (including phenoxy) is 1. The summed E-state index contributed by atoms with van der Waals surface area (Å²) >= 11 is 1.54. The average molecular weight is 501 g/mol. The fraction of sp³-hybridized carbons (Fsp3) is 0.259. The molecule has 4 aromatic rings. The van der Waals surface area contributed by atoms with Gasteiger partial charge in [-0.1, -0.05) is 12.1 Å². The molecule has 9 heteroatoms. The SMILES string of the molecule is Cc1sc(-c2ccnc(Nc3cccc(OCCCN(C)CCO)c3)n2)c(-c2cccnc2)c1C#N. The van der Waals surface area contributed by atoms with E-state index in [1.165, 1.54) is 0 Å². The van der Waals surface area contributed by atoms with Gasteiger partial charge in [0.05, 0.1) is 29.3 Å². The van der Waals surface area contributed by atoms with Gasteiger partial charge >= 0.3 is 0 Å². The van der Waals surface area contributed by atoms with Crippen LogP contribution in [0.2, 0.25) is 0 Å². The summed E-state index contributed by atoms with van der Waals surface area (Å²) in [7, 11) is 1.98. The Labute approximate surface area is 214 Å². The fourth-order valence-electron chi connectivity index (χ4n) is 3.79. The van der Waals surface area contributed by atoms with Crippen LogP contribution in [-0.4, -0.2) is 58.3 Å². The lowest BCUT2D eigenvalue weighted by Gasteiger charge is -2.15. The second-order valence-electron chi connectivity index (χ2n) is 8.24. The van der Waals surface area contributed by atoms with Crippen molar-refractivity contribution in [2.24, 2.45) is 0 Å². The monoisotopic (exact) mass is 500 g/mol. The van der Waals surface area contributed by atoms with Crippen LogP contribution in [0, 0.1) is 18.3 Å². The summed E-state index contributed by atoms with van der Waals surface area (Å²) in [6.07, 6.45) is 6.06. The second-order valence-corrected chi connectivity index (χ2v) is 9.46. The van der Waals surface area contributed by atoms with Crippen molar-refractivity contribution in [3.05, 3.63) is 71.5 Å². The number of nitrogens with zero attached hydrogens (tertiary/aromatic N) is 5. The molecular weight excluding hydrogens is 472 g/mol. The van der Waals surface area contributed by atoms with Crippen LogP contribution in [0.25, 0.3) is 21.7 Å². The van der Waals surface area contributed by atoms with Crippen molar-refractivity contribution in [3.63, 3.8) is 0 Å². The van der Waals surface area contributed by atoms with Gasteiger partial charge in [-0.3, -0.25) is 4.98 Å². The number of thiophene rings is 1. The smallest absolute Gasteiger partial charge is 0.227 e. The van der Waals surface area contributed by atoms with Crippen LogP contribution >= 0.6 is 11.3 Å². The molecule has 4 rings (SSSR count). The van der Waals surface area contributed by atoms with Gasteiger partial charge in [0.2, 0.25) is 5.95 Å². The maximum absolute atomic E-state index is 9.79. The third-order valence-electron chi connectivity index (χ3n) is 5.56. The number of aliphatic hydroxyl groups is 1. The van der Waals surface area contributed by atoms with Crippen molar-refractivity contribution < 1.29 is 9.84 Å². The molecule has 0 spiro atoms. The summed E-state index contributed by atoms with van der Waals surface area (Å²) in [6, 6.07) is 15.7. The molecule has 8 nitrogen and oxygen atoms in total. The van der Waals surface area contributed by atoms with E-state index in [-0.39, 0.29) is 6.61 Å². The van der Waals surface area contributed by atoms with Gasteiger partial charge in [-0.15, -0.1) is 11.3 Å². The van der Waals surface area contributed by atoms with E-state index in [1.54, 1.807) is 29.9 Å². The molecule has 0 aliphatic heterocycles. The number of anilines is 2. The molecule has 0 bridgehead atoms. The predicted molar refractivity (Wildman–Crippen MR) is 142 cm³/mol. The standard InChI is InChI=1S/C27H28N6O2S/c1-19-23(17-28)25(20-6-4-10-29-18-20)26(36-19)24-9-11-30-27(32-24)31-21-7-3-8-22(16-21)35-15-5-12-33(2)13-14-34/h3-4,6-11,16,18,34H,5,12-15H2,1-2H3,(H,30,31,32). The number of hydrogen-bond donors (Lipinski definition) is 2. The maximum atomic E-state index is 9.79. The lowest BCUT2D eigenvalue weighted by molar-refractivity contribution is 0.207. The van der Waals surface area contributed by atoms with Gasteiger partial charge in [0, 0.05) is 59.4 Å². The van der Waals surface area contributed by atoms with E-state index in [9.17, 15) is 5.26 Å². The Morgan fingerprint density at radius 1 is 1.17 bits per heavy atom. The van der Waals surface area contributed by atoms with Gasteiger partial charge in [-0.25, -0.2) is 9.97 Å². The number of rotatable bonds is 11. The lowest BCUT2D eigenvalue weighted by atomic mass is 10.0. The highest BCUT2D eigenvalue weighted by molar-refractivity contribution is 7.16. The number of hydrogen-bond acceptors (Lipinski definition) is 9. The molecule has 0 aliphatic rings. The summed E-state index contributed by atoms with van der Waals surface area (Å²) in [4.78, 5) is 17.3. The van der Waals surface area contributed by atoms with Crippen molar-refractivity contribution in [1.82, 2.24) is 19.9 Å². The molecule has 0 radical (unpaired) electrons. The van der Waals surface area contributed by atoms with Gasteiger partial charge in [0.1, 0.15) is 11.8 Å². The van der Waals surface area contributed by atoms with E-state index in [4.69, 9.17) is 14.8 Å². The molecule has 1 aromatic carbocycles. The number of nitriles is 1. The third-order valence-corrected chi connectivity index (χ3v) is 6.69. The molecular formula is C27H28N6O2S. The van der Waals surface area contributed by atoms with Gasteiger partial charge in [-0.05, 0) is 44.7 Å². The minimum Gasteiger partial charge on any atom is -0.493 e. The fourth-order valence-corrected chi connectivity index (χ4v) is 4.89. The number of benzene rings is 1. The van der Waals surface area contributed by atoms with Crippen LogP contribution < -0.4 is 10.1 Å². The first-order chi connectivity index (χ1) is 17.6. The molecule has 0 aliphatic carbocycles. The number of likely N-dealkylation sites (N-methyl/N-ethyl adjacent to an activating group) is 1. The van der Waals surface area contributed by atoms with Gasteiger partial charge < -0.3 is 20.1 Å². The first kappa shape index (κ1) is 25.3. The molecule has 0 saturated heterocycles. The Kier molecular flexibility index (Phi) is 8.57. The third kappa shape index (κ3) is 6.23. The molecule has 0 amide bonds. The minimum absolute atomic E-state index is 0.157. The summed E-state index contributed by atoms with van der Waals surface area (Å²) in [5.74, 6) is 1.21. The first-order valence-corrected chi connectivity index (χ1v) is 12.5. The molecule has 3 heterocycles. The number of pyridine rings is 1. The lowest BCUT2D eigenvalue weighted by Crippen LogP contribution is -2.24. The van der Waals surface area contributed by atoms with E-state index < -0.39 is 0 Å². The molecule has 184 valence electrons. The molecule has 0 atom stereocenters. The Morgan fingerprint density at radius 3 is 2.83 bits per heavy atom. The molecule has 3 aromatic heterocycles. The Bertz CT molecular complexity index is 1340. The van der Waals surface area contributed by atoms with E-state index in [2.05, 4.69) is 26.3 Å². The highest BCUT2D eigenvalue weighted by Gasteiger charge is 2.20. The second kappa shape index (κ2) is 12.2. The minimum atomic E-state index is 0.157. The largest absolute Gasteiger partial charge is 0.493 e. The summed E-state index contributed by atoms with van der Waals surface area (Å²) in [5.41, 5.74) is 3.92. The predicted octanol–water partition coefficient (Wildman–Crippen LogP) is 4.88. The quantitative estimate of drug-likeness (QED) is 0.281. The average Bonchev–Trinajstić information content (AvgIpc) is 3.24. The van der Waals surface area contributed by atoms with Crippen molar-refractivity contribution in [2.45, 2.75) is 13.3 Å². The molecule has 36 heavy (non-hydrogen) atoms. The summed E-state index contributed by atoms with van der Waals surface area (Å²) < 4.78 is 5.89.